The molecule has 504 valence electrons. The number of nitrogens with zero attached hydrogens (tertiary/aromatic N) is 2. The Morgan fingerprint density at radius 2 is 0.472 bits per heavy atom. The molecular formula is C104H66N2O2. The Kier molecular flexibility index (Phi) is 14.9. The highest BCUT2D eigenvalue weighted by molar-refractivity contribution is 6.22. The maximum atomic E-state index is 6.52. The molecule has 0 aliphatic heterocycles. The zero-order valence-electron chi connectivity index (χ0n) is 58.8. The van der Waals surface area contributed by atoms with E-state index in [0.29, 0.717) is 0 Å². The number of hydrogen-bond acceptors (Lipinski definition) is 4. The molecule has 22 aromatic rings. The van der Waals surface area contributed by atoms with Crippen molar-refractivity contribution < 1.29 is 8.83 Å². The molecule has 0 atom stereocenters. The Labute approximate surface area is 623 Å². The van der Waals surface area contributed by atoms with Gasteiger partial charge in [0.2, 0.25) is 0 Å². The van der Waals surface area contributed by atoms with Gasteiger partial charge in [0.1, 0.15) is 22.3 Å². The topological polar surface area (TPSA) is 32.8 Å². The maximum absolute atomic E-state index is 6.52. The van der Waals surface area contributed by atoms with Crippen molar-refractivity contribution in [2.45, 2.75) is 0 Å². The van der Waals surface area contributed by atoms with Gasteiger partial charge in [0.15, 0.2) is 0 Å². The lowest BCUT2D eigenvalue weighted by molar-refractivity contribution is 0.672. The fourth-order valence-electron chi connectivity index (χ4n) is 16.9. The molecule has 0 spiro atoms. The van der Waals surface area contributed by atoms with E-state index >= 15 is 0 Å². The molecule has 4 nitrogen and oxygen atoms in total. The zero-order valence-corrected chi connectivity index (χ0v) is 58.8. The van der Waals surface area contributed by atoms with Crippen LogP contribution in [0.3, 0.4) is 0 Å². The Hall–Kier alpha value is -14.3. The van der Waals surface area contributed by atoms with E-state index in [1.54, 1.807) is 0 Å². The van der Waals surface area contributed by atoms with Crippen LogP contribution in [-0.4, -0.2) is 0 Å². The number of benzene rings is 20. The van der Waals surface area contributed by atoms with Crippen LogP contribution in [0.4, 0.5) is 34.1 Å². The van der Waals surface area contributed by atoms with Crippen molar-refractivity contribution in [1.29, 1.82) is 0 Å². The lowest BCUT2D eigenvalue weighted by atomic mass is 9.93. The molecule has 2 aromatic heterocycles. The average Bonchev–Trinajstić information content (AvgIpc) is 1.52. The molecule has 0 fully saturated rings. The predicted octanol–water partition coefficient (Wildman–Crippen LogP) is 30.0. The molecule has 108 heavy (non-hydrogen) atoms. The molecule has 0 amide bonds. The van der Waals surface area contributed by atoms with Crippen molar-refractivity contribution in [2.75, 3.05) is 9.80 Å². The minimum absolute atomic E-state index is 0.896. The first kappa shape index (κ1) is 62.3. The summed E-state index contributed by atoms with van der Waals surface area (Å²) in [5, 5.41) is 24.0. The normalized spacial score (nSPS) is 11.7. The fraction of sp³-hybridized carbons (Fsp3) is 0. The quantitative estimate of drug-likeness (QED) is 0.128. The van der Waals surface area contributed by atoms with Crippen molar-refractivity contribution in [3.05, 3.63) is 400 Å². The second-order valence-corrected chi connectivity index (χ2v) is 28.2. The Morgan fingerprint density at radius 1 is 0.157 bits per heavy atom. The molecule has 0 aliphatic rings. The summed E-state index contributed by atoms with van der Waals surface area (Å²) in [6.45, 7) is 0. The van der Waals surface area contributed by atoms with Crippen LogP contribution in [-0.2, 0) is 0 Å². The Morgan fingerprint density at radius 3 is 0.954 bits per heavy atom. The second kappa shape index (κ2) is 25.8. The van der Waals surface area contributed by atoms with Gasteiger partial charge in [-0.3, -0.25) is 0 Å². The van der Waals surface area contributed by atoms with Crippen LogP contribution in [0.1, 0.15) is 0 Å². The first-order valence-corrected chi connectivity index (χ1v) is 37.0. The van der Waals surface area contributed by atoms with E-state index in [9.17, 15) is 0 Å². The first-order valence-electron chi connectivity index (χ1n) is 37.0. The van der Waals surface area contributed by atoms with E-state index in [-0.39, 0.29) is 0 Å². The highest BCUT2D eigenvalue weighted by Crippen LogP contribution is 2.49. The summed E-state index contributed by atoms with van der Waals surface area (Å²) in [5.41, 5.74) is 19.8. The van der Waals surface area contributed by atoms with Gasteiger partial charge in [0.05, 0.1) is 11.4 Å². The van der Waals surface area contributed by atoms with Crippen LogP contribution >= 0.6 is 0 Å². The van der Waals surface area contributed by atoms with Crippen molar-refractivity contribution >= 4 is 164 Å². The zero-order chi connectivity index (χ0) is 71.2. The third-order valence-corrected chi connectivity index (χ3v) is 22.1. The first-order chi connectivity index (χ1) is 53.5. The molecule has 4 heteroatoms. The minimum Gasteiger partial charge on any atom is -0.455 e. The van der Waals surface area contributed by atoms with Gasteiger partial charge in [-0.25, -0.2) is 0 Å². The molecule has 0 saturated heterocycles. The molecule has 20 aromatic carbocycles. The van der Waals surface area contributed by atoms with Crippen LogP contribution in [0.15, 0.2) is 409 Å². The van der Waals surface area contributed by atoms with Crippen molar-refractivity contribution in [3.8, 4) is 44.5 Å². The average molecular weight is 1380 g/mol. The summed E-state index contributed by atoms with van der Waals surface area (Å²) in [6.07, 6.45) is 0. The highest BCUT2D eigenvalue weighted by atomic mass is 16.3. The summed E-state index contributed by atoms with van der Waals surface area (Å²) >= 11 is 0. The number of rotatable bonds is 10. The molecule has 0 bridgehead atoms. The highest BCUT2D eigenvalue weighted by Gasteiger charge is 2.24. The summed E-state index contributed by atoms with van der Waals surface area (Å²) < 4.78 is 13.0. The summed E-state index contributed by atoms with van der Waals surface area (Å²) in [5.74, 6) is 0. The van der Waals surface area contributed by atoms with E-state index in [1.165, 1.54) is 109 Å². The van der Waals surface area contributed by atoms with Crippen LogP contribution < -0.4 is 9.80 Å². The summed E-state index contributed by atoms with van der Waals surface area (Å²) in [7, 11) is 0. The second-order valence-electron chi connectivity index (χ2n) is 28.2. The number of para-hydroxylation sites is 2. The molecule has 0 radical (unpaired) electrons. The van der Waals surface area contributed by atoms with Gasteiger partial charge >= 0.3 is 0 Å². The minimum atomic E-state index is 0.896. The van der Waals surface area contributed by atoms with Crippen LogP contribution in [0.25, 0.3) is 175 Å². The van der Waals surface area contributed by atoms with Crippen molar-refractivity contribution in [1.82, 2.24) is 0 Å². The lowest BCUT2D eigenvalue weighted by Gasteiger charge is -2.27. The van der Waals surface area contributed by atoms with Gasteiger partial charge < -0.3 is 18.6 Å². The van der Waals surface area contributed by atoms with Gasteiger partial charge in [0.25, 0.3) is 0 Å². The van der Waals surface area contributed by atoms with E-state index in [0.717, 1.165) is 99.5 Å². The monoisotopic (exact) mass is 1370 g/mol. The van der Waals surface area contributed by atoms with Gasteiger partial charge in [-0.05, 0) is 194 Å². The van der Waals surface area contributed by atoms with Gasteiger partial charge in [-0.2, -0.15) is 0 Å². The van der Waals surface area contributed by atoms with E-state index in [2.05, 4.69) is 398 Å². The number of fused-ring (bicyclic) bond motifs is 18. The Balaban J connectivity index is 0.000000138. The third-order valence-electron chi connectivity index (χ3n) is 22.1. The predicted molar refractivity (Wildman–Crippen MR) is 459 cm³/mol. The smallest absolute Gasteiger partial charge is 0.143 e. The molecular weight excluding hydrogens is 1310 g/mol. The van der Waals surface area contributed by atoms with Crippen LogP contribution in [0, 0.1) is 0 Å². The van der Waals surface area contributed by atoms with E-state index < -0.39 is 0 Å². The van der Waals surface area contributed by atoms with Gasteiger partial charge in [-0.1, -0.05) is 315 Å². The standard InChI is InChI=1S/2C52H33NO/c1-3-15-40-34(12-1)14-11-22-41(40)35-24-28-38(29-25-35)53(50-33-49-46-20-9-10-23-51(46)54-52(49)47-21-8-7-19-45(47)50)39-30-26-36(27-31-39)48-32-37-13-2-4-16-42(37)43-17-5-6-18-44(43)48;1-3-13-42-35(10-1)12-9-18-44(42)37-24-29-41(30-25-37)53(50-33-49-47-16-7-8-19-51(47)54-52(49)48-17-6-5-15-46(48)50)40-27-22-34(23-28-40)38-26-31-45-39(32-38)21-20-36-11-2-4-14-43(36)45/h2*1-33H. The van der Waals surface area contributed by atoms with E-state index in [1.807, 2.05) is 12.1 Å². The van der Waals surface area contributed by atoms with Crippen molar-refractivity contribution in [2.24, 2.45) is 0 Å². The SMILES string of the molecule is c1ccc2c(-c3ccc(N(c4ccc(-c5cc6ccccc6c6ccccc56)cc4)c4cc5c6ccccc6oc5c5ccccc45)cc3)cccc2c1.c1ccc2c(-c3ccc(N(c4ccc(-c5ccc6c(ccc7ccccc76)c5)cc4)c4cc5c6ccccc6oc5c5ccccc45)cc3)cccc2c1. The van der Waals surface area contributed by atoms with Crippen LogP contribution in [0.5, 0.6) is 0 Å². The van der Waals surface area contributed by atoms with Crippen molar-refractivity contribution in [3.63, 3.8) is 0 Å². The van der Waals surface area contributed by atoms with Crippen LogP contribution in [0.2, 0.25) is 0 Å². The molecule has 0 saturated carbocycles. The van der Waals surface area contributed by atoms with Gasteiger partial charge in [0, 0.05) is 65.8 Å². The fourth-order valence-corrected chi connectivity index (χ4v) is 16.9. The molecule has 0 N–H and O–H groups in total. The summed E-state index contributed by atoms with van der Waals surface area (Å²) in [4.78, 5) is 4.80. The number of hydrogen-bond donors (Lipinski definition) is 0. The number of anilines is 6. The molecule has 2 heterocycles. The molecule has 0 aliphatic carbocycles. The lowest BCUT2D eigenvalue weighted by Crippen LogP contribution is -2.10. The maximum Gasteiger partial charge on any atom is 0.143 e. The molecule has 0 unspecified atom stereocenters. The summed E-state index contributed by atoms with van der Waals surface area (Å²) in [6, 6.07) is 145. The Bertz CT molecular complexity index is 7280. The molecule has 22 rings (SSSR count). The van der Waals surface area contributed by atoms with Gasteiger partial charge in [-0.15, -0.1) is 0 Å². The largest absolute Gasteiger partial charge is 0.455 e. The van der Waals surface area contributed by atoms with E-state index in [4.69, 9.17) is 8.83 Å². The third kappa shape index (κ3) is 10.6. The number of furan rings is 2.